The Labute approximate surface area is 165 Å². The van der Waals surface area contributed by atoms with Gasteiger partial charge in [-0.25, -0.2) is 4.31 Å². The summed E-state index contributed by atoms with van der Waals surface area (Å²) >= 11 is 3.24. The van der Waals surface area contributed by atoms with Gasteiger partial charge in [0.1, 0.15) is 0 Å². The number of anilines is 1. The molecule has 0 radical (unpaired) electrons. The maximum absolute atomic E-state index is 13.0. The zero-order valence-corrected chi connectivity index (χ0v) is 15.9. The zero-order chi connectivity index (χ0) is 20.6. The van der Waals surface area contributed by atoms with Crippen LogP contribution in [0.1, 0.15) is 5.56 Å². The Bertz CT molecular complexity index is 754. The Kier molecular flexibility index (Phi) is 5.91. The van der Waals surface area contributed by atoms with Crippen molar-refractivity contribution in [2.24, 2.45) is 0 Å². The fourth-order valence-electron chi connectivity index (χ4n) is 2.88. The predicted octanol–water partition coefficient (Wildman–Crippen LogP) is 4.89. The molecule has 2 heterocycles. The third kappa shape index (κ3) is 4.12. The first-order chi connectivity index (χ1) is 13.0. The maximum Gasteiger partial charge on any atom is 0.430 e. The molecule has 2 aromatic rings. The van der Waals surface area contributed by atoms with E-state index < -0.39 is 23.5 Å². The number of aliphatic hydroxyl groups is 1. The van der Waals surface area contributed by atoms with E-state index in [4.69, 9.17) is 0 Å². The second kappa shape index (κ2) is 7.77. The minimum absolute atomic E-state index is 0.510. The van der Waals surface area contributed by atoms with E-state index in [1.165, 1.54) is 12.1 Å². The lowest BCUT2D eigenvalue weighted by molar-refractivity contribution is -0.376. The highest BCUT2D eigenvalue weighted by Gasteiger charge is 2.71. The summed E-state index contributed by atoms with van der Waals surface area (Å²) in [7, 11) is 0. The summed E-state index contributed by atoms with van der Waals surface area (Å²) in [5.74, 6) is 0. The van der Waals surface area contributed by atoms with E-state index in [1.807, 2.05) is 22.4 Å². The van der Waals surface area contributed by atoms with E-state index in [0.717, 1.165) is 4.21 Å². The van der Waals surface area contributed by atoms with E-state index in [9.17, 15) is 31.4 Å². The fraction of sp³-hybridized carbons (Fsp3) is 0.412. The Balaban J connectivity index is 1.69. The SMILES string of the molecule is OC(c1ccc(N2CCN(Sc3cccs3)CC2)cc1)(C(F)(F)F)C(F)(F)F. The van der Waals surface area contributed by atoms with Crippen LogP contribution in [0.4, 0.5) is 32.0 Å². The van der Waals surface area contributed by atoms with Crippen molar-refractivity contribution in [3.63, 3.8) is 0 Å². The van der Waals surface area contributed by atoms with Gasteiger partial charge < -0.3 is 10.0 Å². The summed E-state index contributed by atoms with van der Waals surface area (Å²) in [6.07, 6.45) is -11.8. The van der Waals surface area contributed by atoms with Crippen LogP contribution in [0.25, 0.3) is 0 Å². The number of hydrogen-bond acceptors (Lipinski definition) is 5. The summed E-state index contributed by atoms with van der Waals surface area (Å²) in [5, 5.41) is 11.4. The van der Waals surface area contributed by atoms with Crippen LogP contribution >= 0.6 is 23.3 Å². The molecule has 3 rings (SSSR count). The number of halogens is 6. The summed E-state index contributed by atoms with van der Waals surface area (Å²) in [4.78, 5) is 1.88. The van der Waals surface area contributed by atoms with Crippen molar-refractivity contribution in [1.29, 1.82) is 0 Å². The lowest BCUT2D eigenvalue weighted by Crippen LogP contribution is -2.53. The molecule has 0 atom stereocenters. The molecule has 1 fully saturated rings. The maximum atomic E-state index is 13.0. The Hall–Kier alpha value is -1.43. The highest BCUT2D eigenvalue weighted by atomic mass is 32.2. The molecule has 154 valence electrons. The van der Waals surface area contributed by atoms with Crippen molar-refractivity contribution < 1.29 is 31.4 Å². The molecule has 28 heavy (non-hydrogen) atoms. The number of thiophene rings is 1. The number of hydrogen-bond donors (Lipinski definition) is 1. The summed E-state index contributed by atoms with van der Waals surface area (Å²) < 4.78 is 81.0. The average molecular weight is 442 g/mol. The highest BCUT2D eigenvalue weighted by Crippen LogP contribution is 2.50. The predicted molar refractivity (Wildman–Crippen MR) is 96.4 cm³/mol. The van der Waals surface area contributed by atoms with Gasteiger partial charge in [-0.1, -0.05) is 18.2 Å². The van der Waals surface area contributed by atoms with Crippen molar-refractivity contribution >= 4 is 29.0 Å². The lowest BCUT2D eigenvalue weighted by Gasteiger charge is -2.36. The molecule has 0 bridgehead atoms. The highest BCUT2D eigenvalue weighted by molar-refractivity contribution is 7.98. The van der Waals surface area contributed by atoms with Crippen LogP contribution in [-0.2, 0) is 5.60 Å². The molecule has 1 aliphatic rings. The number of rotatable bonds is 4. The number of benzene rings is 1. The normalized spacial score (nSPS) is 17.2. The molecule has 0 amide bonds. The Morgan fingerprint density at radius 3 is 1.89 bits per heavy atom. The Morgan fingerprint density at radius 2 is 1.43 bits per heavy atom. The third-order valence-electron chi connectivity index (χ3n) is 4.42. The van der Waals surface area contributed by atoms with Crippen molar-refractivity contribution in [3.8, 4) is 0 Å². The molecule has 1 aromatic heterocycles. The van der Waals surface area contributed by atoms with Gasteiger partial charge in [-0.3, -0.25) is 0 Å². The first-order valence-electron chi connectivity index (χ1n) is 8.20. The fourth-order valence-corrected chi connectivity index (χ4v) is 4.72. The molecule has 1 saturated heterocycles. The van der Waals surface area contributed by atoms with Crippen molar-refractivity contribution in [2.45, 2.75) is 22.2 Å². The van der Waals surface area contributed by atoms with E-state index in [1.54, 1.807) is 23.3 Å². The van der Waals surface area contributed by atoms with Crippen LogP contribution < -0.4 is 4.90 Å². The molecule has 11 heteroatoms. The lowest BCUT2D eigenvalue weighted by atomic mass is 9.92. The van der Waals surface area contributed by atoms with Gasteiger partial charge in [0.05, 0.1) is 4.21 Å². The van der Waals surface area contributed by atoms with Gasteiger partial charge in [-0.05, 0) is 35.5 Å². The minimum atomic E-state index is -5.88. The molecule has 0 unspecified atom stereocenters. The second-order valence-electron chi connectivity index (χ2n) is 6.19. The van der Waals surface area contributed by atoms with E-state index >= 15 is 0 Å². The standard InChI is InChI=1S/C17H16F6N2OS2/c18-16(19,20)15(26,17(21,22)23)12-3-5-13(6-4-12)24-7-9-25(10-8-24)28-14-2-1-11-27-14/h1-6,11,26H,7-10H2. The van der Waals surface area contributed by atoms with Gasteiger partial charge >= 0.3 is 12.4 Å². The first-order valence-corrected chi connectivity index (χ1v) is 9.85. The van der Waals surface area contributed by atoms with Gasteiger partial charge in [-0.15, -0.1) is 11.3 Å². The van der Waals surface area contributed by atoms with Gasteiger partial charge in [0, 0.05) is 37.4 Å². The molecule has 0 saturated carbocycles. The van der Waals surface area contributed by atoms with Crippen LogP contribution in [0, 0.1) is 0 Å². The molecular formula is C17H16F6N2OS2. The van der Waals surface area contributed by atoms with Crippen molar-refractivity contribution in [3.05, 3.63) is 47.3 Å². The zero-order valence-electron chi connectivity index (χ0n) is 14.3. The molecule has 1 aromatic carbocycles. The summed E-state index contributed by atoms with van der Waals surface area (Å²) in [6, 6.07) is 7.68. The van der Waals surface area contributed by atoms with Crippen LogP contribution in [-0.4, -0.2) is 47.9 Å². The smallest absolute Gasteiger partial charge is 0.369 e. The van der Waals surface area contributed by atoms with Crippen LogP contribution in [0.15, 0.2) is 46.0 Å². The molecule has 1 aliphatic heterocycles. The van der Waals surface area contributed by atoms with E-state index in [0.29, 0.717) is 44.0 Å². The Morgan fingerprint density at radius 1 is 0.857 bits per heavy atom. The minimum Gasteiger partial charge on any atom is -0.369 e. The monoisotopic (exact) mass is 442 g/mol. The summed E-state index contributed by atoms with van der Waals surface area (Å²) in [6.45, 7) is 2.56. The molecule has 3 nitrogen and oxygen atoms in total. The van der Waals surface area contributed by atoms with Gasteiger partial charge in [0.25, 0.3) is 5.60 Å². The average Bonchev–Trinajstić information content (AvgIpc) is 3.13. The molecule has 1 N–H and O–H groups in total. The second-order valence-corrected chi connectivity index (χ2v) is 8.54. The molecular weight excluding hydrogens is 426 g/mol. The number of nitrogens with zero attached hydrogens (tertiary/aromatic N) is 2. The quantitative estimate of drug-likeness (QED) is 0.539. The van der Waals surface area contributed by atoms with Crippen molar-refractivity contribution in [2.75, 3.05) is 31.1 Å². The van der Waals surface area contributed by atoms with Crippen LogP contribution in [0.5, 0.6) is 0 Å². The van der Waals surface area contributed by atoms with Gasteiger partial charge in [-0.2, -0.15) is 26.3 Å². The molecule has 0 spiro atoms. The van der Waals surface area contributed by atoms with Crippen LogP contribution in [0.2, 0.25) is 0 Å². The number of alkyl halides is 6. The third-order valence-corrected chi connectivity index (χ3v) is 6.54. The number of piperazine rings is 1. The van der Waals surface area contributed by atoms with E-state index in [-0.39, 0.29) is 0 Å². The van der Waals surface area contributed by atoms with Crippen molar-refractivity contribution in [1.82, 2.24) is 4.31 Å². The first kappa shape index (κ1) is 21.3. The largest absolute Gasteiger partial charge is 0.430 e. The van der Waals surface area contributed by atoms with E-state index in [2.05, 4.69) is 4.31 Å². The summed E-state index contributed by atoms with van der Waals surface area (Å²) in [5.41, 5.74) is -5.63. The topological polar surface area (TPSA) is 26.7 Å². The van der Waals surface area contributed by atoms with Gasteiger partial charge in [0.15, 0.2) is 0 Å². The molecule has 0 aliphatic carbocycles. The van der Waals surface area contributed by atoms with Gasteiger partial charge in [0.2, 0.25) is 0 Å². The van der Waals surface area contributed by atoms with Crippen LogP contribution in [0.3, 0.4) is 0 Å².